The zero-order chi connectivity index (χ0) is 19.1. The summed E-state index contributed by atoms with van der Waals surface area (Å²) in [6.45, 7) is 2.72. The first-order valence-electron chi connectivity index (χ1n) is 11.1. The van der Waals surface area contributed by atoms with Gasteiger partial charge in [0.05, 0.1) is 0 Å². The molecule has 0 unspecified atom stereocenters. The van der Waals surface area contributed by atoms with Gasteiger partial charge in [0.2, 0.25) is 6.29 Å². The van der Waals surface area contributed by atoms with E-state index in [-0.39, 0.29) is 30.8 Å². The monoisotopic (exact) mass is 379 g/mol. The molecule has 2 fully saturated rings. The van der Waals surface area contributed by atoms with Crippen LogP contribution in [-0.4, -0.2) is 36.6 Å². The average Bonchev–Trinajstić information content (AvgIpc) is 3.20. The Morgan fingerprint density at radius 3 is 2.56 bits per heavy atom. The summed E-state index contributed by atoms with van der Waals surface area (Å²) in [5.74, 6) is 1.47. The van der Waals surface area contributed by atoms with E-state index in [1.807, 2.05) is 6.92 Å². The number of hydrogen-bond acceptors (Lipinski definition) is 4. The fourth-order valence-corrected chi connectivity index (χ4v) is 5.17. The van der Waals surface area contributed by atoms with Gasteiger partial charge in [-0.1, -0.05) is 32.1 Å². The lowest BCUT2D eigenvalue weighted by Crippen LogP contribution is -2.43. The minimum atomic E-state index is -0.386. The van der Waals surface area contributed by atoms with Crippen molar-refractivity contribution in [2.75, 3.05) is 13.2 Å². The van der Waals surface area contributed by atoms with E-state index in [0.29, 0.717) is 24.2 Å². The smallest absolute Gasteiger partial charge is 0.286 e. The Morgan fingerprint density at radius 2 is 1.89 bits per heavy atom. The number of aliphatic hydroxyl groups is 1. The molecule has 3 aliphatic rings. The van der Waals surface area contributed by atoms with Gasteiger partial charge in [0.25, 0.3) is 5.91 Å². The van der Waals surface area contributed by atoms with Gasteiger partial charge >= 0.3 is 0 Å². The fourth-order valence-electron chi connectivity index (χ4n) is 5.17. The topological polar surface area (TPSA) is 67.8 Å². The first-order valence-corrected chi connectivity index (χ1v) is 11.1. The maximum atomic E-state index is 12.9. The van der Waals surface area contributed by atoms with Gasteiger partial charge in [0, 0.05) is 25.2 Å². The lowest BCUT2D eigenvalue weighted by molar-refractivity contribution is -0.177. The molecular weight excluding hydrogens is 342 g/mol. The molecule has 2 aliphatic carbocycles. The highest BCUT2D eigenvalue weighted by Gasteiger charge is 2.41. The van der Waals surface area contributed by atoms with E-state index in [1.54, 1.807) is 0 Å². The van der Waals surface area contributed by atoms with Crippen molar-refractivity contribution in [3.05, 3.63) is 11.8 Å². The molecule has 0 spiro atoms. The highest BCUT2D eigenvalue weighted by Crippen LogP contribution is 2.42. The van der Waals surface area contributed by atoms with Crippen molar-refractivity contribution in [3.63, 3.8) is 0 Å². The number of carbonyl (C=O) groups is 1. The number of nitrogens with one attached hydrogen (secondary N) is 1. The van der Waals surface area contributed by atoms with E-state index in [2.05, 4.69) is 11.4 Å². The van der Waals surface area contributed by atoms with E-state index in [4.69, 9.17) is 9.47 Å². The Kier molecular flexibility index (Phi) is 8.01. The van der Waals surface area contributed by atoms with Gasteiger partial charge in [-0.05, 0) is 63.4 Å². The van der Waals surface area contributed by atoms with Crippen LogP contribution in [0.4, 0.5) is 0 Å². The summed E-state index contributed by atoms with van der Waals surface area (Å²) in [6.07, 6.45) is 14.1. The molecule has 27 heavy (non-hydrogen) atoms. The zero-order valence-corrected chi connectivity index (χ0v) is 16.8. The van der Waals surface area contributed by atoms with Gasteiger partial charge in [-0.15, -0.1) is 0 Å². The Morgan fingerprint density at radius 1 is 1.19 bits per heavy atom. The minimum absolute atomic E-state index is 0.0759. The Bertz CT molecular complexity index is 495. The summed E-state index contributed by atoms with van der Waals surface area (Å²) < 4.78 is 12.0. The number of allylic oxidation sites excluding steroid dienone is 1. The molecule has 2 saturated carbocycles. The van der Waals surface area contributed by atoms with Crippen molar-refractivity contribution in [3.8, 4) is 0 Å². The zero-order valence-electron chi connectivity index (χ0n) is 16.8. The molecule has 0 bridgehead atoms. The van der Waals surface area contributed by atoms with E-state index in [9.17, 15) is 9.90 Å². The second-order valence-corrected chi connectivity index (χ2v) is 8.43. The van der Waals surface area contributed by atoms with Crippen LogP contribution in [0, 0.1) is 17.8 Å². The predicted octanol–water partition coefficient (Wildman–Crippen LogP) is 3.91. The van der Waals surface area contributed by atoms with Crippen LogP contribution in [0.25, 0.3) is 0 Å². The summed E-state index contributed by atoms with van der Waals surface area (Å²) >= 11 is 0. The maximum absolute atomic E-state index is 12.9. The first-order chi connectivity index (χ1) is 13.2. The molecular formula is C22H37NO4. The summed E-state index contributed by atoms with van der Waals surface area (Å²) in [6, 6.07) is 0.285. The quantitative estimate of drug-likeness (QED) is 0.671. The minimum Gasteiger partial charge on any atom is -0.459 e. The van der Waals surface area contributed by atoms with Crippen molar-refractivity contribution >= 4 is 5.91 Å². The average molecular weight is 380 g/mol. The molecule has 5 nitrogen and oxygen atoms in total. The lowest BCUT2D eigenvalue weighted by Gasteiger charge is -2.41. The third-order valence-electron chi connectivity index (χ3n) is 6.57. The first kappa shape index (κ1) is 20.7. The summed E-state index contributed by atoms with van der Waals surface area (Å²) in [5, 5.41) is 12.5. The summed E-state index contributed by atoms with van der Waals surface area (Å²) in [4.78, 5) is 12.9. The van der Waals surface area contributed by atoms with Crippen molar-refractivity contribution in [2.45, 2.75) is 89.9 Å². The Labute approximate surface area is 163 Å². The molecule has 0 saturated heterocycles. The van der Waals surface area contributed by atoms with Gasteiger partial charge in [0.15, 0.2) is 5.76 Å². The van der Waals surface area contributed by atoms with E-state index in [1.165, 1.54) is 44.9 Å². The van der Waals surface area contributed by atoms with Crippen LogP contribution in [0.15, 0.2) is 11.8 Å². The highest BCUT2D eigenvalue weighted by atomic mass is 16.7. The molecule has 154 valence electrons. The number of hydrogen-bond donors (Lipinski definition) is 2. The number of carbonyl (C=O) groups excluding carboxylic acids is 1. The summed E-state index contributed by atoms with van der Waals surface area (Å²) in [7, 11) is 0. The number of ether oxygens (including phenoxy) is 2. The second kappa shape index (κ2) is 10.5. The standard InChI is InChI=1S/C22H37NO4/c1-2-26-22-18(13-8-14-24)19(16-9-4-3-5-10-16)15-20(27-22)21(25)23-17-11-6-7-12-17/h15-19,22,24H,2-14H2,1H3,(H,23,25)/t18-,19+,22+/m0/s1. The molecule has 0 aromatic rings. The normalized spacial score (nSPS) is 30.0. The summed E-state index contributed by atoms with van der Waals surface area (Å²) in [5.41, 5.74) is 0. The molecule has 2 N–H and O–H groups in total. The van der Waals surface area contributed by atoms with Crippen LogP contribution in [0.5, 0.6) is 0 Å². The van der Waals surface area contributed by atoms with Gasteiger partial charge in [-0.2, -0.15) is 0 Å². The van der Waals surface area contributed by atoms with Crippen molar-refractivity contribution < 1.29 is 19.4 Å². The molecule has 3 atom stereocenters. The van der Waals surface area contributed by atoms with Crippen molar-refractivity contribution in [1.82, 2.24) is 5.32 Å². The lowest BCUT2D eigenvalue weighted by atomic mass is 9.71. The van der Waals surface area contributed by atoms with Crippen molar-refractivity contribution in [1.29, 1.82) is 0 Å². The SMILES string of the molecule is CCO[C@@H]1OC(C(=O)NC2CCCC2)=C[C@H](C2CCCCC2)[C@@H]1CCCO. The number of aliphatic hydroxyl groups excluding tert-OH is 1. The van der Waals surface area contributed by atoms with Crippen LogP contribution in [-0.2, 0) is 14.3 Å². The van der Waals surface area contributed by atoms with Crippen LogP contribution < -0.4 is 5.32 Å². The van der Waals surface area contributed by atoms with E-state index >= 15 is 0 Å². The number of amides is 1. The molecule has 1 aliphatic heterocycles. The molecule has 1 amide bonds. The van der Waals surface area contributed by atoms with Gasteiger partial charge in [0.1, 0.15) is 0 Å². The van der Waals surface area contributed by atoms with E-state index < -0.39 is 0 Å². The third kappa shape index (κ3) is 5.47. The fraction of sp³-hybridized carbons (Fsp3) is 0.864. The Balaban J connectivity index is 1.78. The third-order valence-corrected chi connectivity index (χ3v) is 6.57. The molecule has 1 heterocycles. The molecule has 0 aromatic carbocycles. The highest BCUT2D eigenvalue weighted by molar-refractivity contribution is 5.91. The molecule has 5 heteroatoms. The molecule has 3 rings (SSSR count). The van der Waals surface area contributed by atoms with Gasteiger partial charge in [-0.3, -0.25) is 4.79 Å². The van der Waals surface area contributed by atoms with Gasteiger partial charge < -0.3 is 19.9 Å². The molecule has 0 radical (unpaired) electrons. The van der Waals surface area contributed by atoms with Crippen molar-refractivity contribution in [2.24, 2.45) is 17.8 Å². The predicted molar refractivity (Wildman–Crippen MR) is 105 cm³/mol. The van der Waals surface area contributed by atoms with Crippen LogP contribution in [0.1, 0.15) is 77.6 Å². The number of rotatable bonds is 8. The van der Waals surface area contributed by atoms with Crippen LogP contribution >= 0.6 is 0 Å². The van der Waals surface area contributed by atoms with Crippen LogP contribution in [0.3, 0.4) is 0 Å². The van der Waals surface area contributed by atoms with E-state index in [0.717, 1.165) is 25.7 Å². The van der Waals surface area contributed by atoms with Crippen LogP contribution in [0.2, 0.25) is 0 Å². The largest absolute Gasteiger partial charge is 0.459 e. The Hall–Kier alpha value is -1.07. The molecule has 0 aromatic heterocycles. The maximum Gasteiger partial charge on any atom is 0.286 e. The second-order valence-electron chi connectivity index (χ2n) is 8.43. The van der Waals surface area contributed by atoms with Gasteiger partial charge in [-0.25, -0.2) is 0 Å².